The highest BCUT2D eigenvalue weighted by atomic mass is 79.9. The molecule has 5 heteroatoms. The van der Waals surface area contributed by atoms with Crippen molar-refractivity contribution in [1.29, 1.82) is 0 Å². The zero-order chi connectivity index (χ0) is 14.8. The maximum absolute atomic E-state index is 13.1. The molecule has 0 saturated heterocycles. The Labute approximate surface area is 126 Å². The van der Waals surface area contributed by atoms with Gasteiger partial charge in [-0.25, -0.2) is 0 Å². The Morgan fingerprint density at radius 3 is 2.50 bits per heavy atom. The van der Waals surface area contributed by atoms with E-state index in [-0.39, 0.29) is 5.33 Å². The van der Waals surface area contributed by atoms with Crippen LogP contribution < -0.4 is 4.90 Å². The van der Waals surface area contributed by atoms with Crippen molar-refractivity contribution in [3.63, 3.8) is 0 Å². The normalized spacial score (nSPS) is 15.4. The first-order valence-electron chi connectivity index (χ1n) is 6.96. The SMILES string of the molecule is CCCN(CC1CC1)c1ccc(CBr)c(C(F)(F)F)c1. The highest BCUT2D eigenvalue weighted by Gasteiger charge is 2.34. The van der Waals surface area contributed by atoms with Gasteiger partial charge < -0.3 is 4.90 Å². The van der Waals surface area contributed by atoms with Crippen LogP contribution in [0.3, 0.4) is 0 Å². The van der Waals surface area contributed by atoms with Gasteiger partial charge in [-0.3, -0.25) is 0 Å². The number of hydrogen-bond acceptors (Lipinski definition) is 1. The van der Waals surface area contributed by atoms with Crippen molar-refractivity contribution in [3.05, 3.63) is 29.3 Å². The molecule has 1 aliphatic carbocycles. The van der Waals surface area contributed by atoms with Crippen LogP contribution in [0.15, 0.2) is 18.2 Å². The van der Waals surface area contributed by atoms with Crippen LogP contribution in [0.5, 0.6) is 0 Å². The summed E-state index contributed by atoms with van der Waals surface area (Å²) in [5, 5.41) is 0.221. The maximum atomic E-state index is 13.1. The monoisotopic (exact) mass is 349 g/mol. The van der Waals surface area contributed by atoms with Gasteiger partial charge in [0.2, 0.25) is 0 Å². The summed E-state index contributed by atoms with van der Waals surface area (Å²) in [6, 6.07) is 4.70. The Bertz CT molecular complexity index is 455. The summed E-state index contributed by atoms with van der Waals surface area (Å²) in [5.74, 6) is 0.659. The van der Waals surface area contributed by atoms with Crippen LogP contribution in [0.25, 0.3) is 0 Å². The minimum atomic E-state index is -4.30. The largest absolute Gasteiger partial charge is 0.416 e. The van der Waals surface area contributed by atoms with Crippen molar-refractivity contribution >= 4 is 21.6 Å². The fourth-order valence-corrected chi connectivity index (χ4v) is 2.84. The Kier molecular flexibility index (Phi) is 4.99. The fourth-order valence-electron chi connectivity index (χ4n) is 2.35. The molecule has 1 fully saturated rings. The van der Waals surface area contributed by atoms with Crippen LogP contribution in [0.1, 0.15) is 37.3 Å². The zero-order valence-electron chi connectivity index (χ0n) is 11.5. The molecule has 1 aromatic carbocycles. The number of rotatable bonds is 6. The summed E-state index contributed by atoms with van der Waals surface area (Å²) in [6.07, 6.45) is -0.956. The number of anilines is 1. The number of hydrogen-bond donors (Lipinski definition) is 0. The Hall–Kier alpha value is -0.710. The van der Waals surface area contributed by atoms with E-state index in [0.29, 0.717) is 17.2 Å². The molecule has 112 valence electrons. The third-order valence-electron chi connectivity index (χ3n) is 3.58. The number of nitrogens with zero attached hydrogens (tertiary/aromatic N) is 1. The molecule has 1 aliphatic rings. The van der Waals surface area contributed by atoms with Crippen LogP contribution in [-0.2, 0) is 11.5 Å². The summed E-state index contributed by atoms with van der Waals surface area (Å²) in [4.78, 5) is 2.09. The van der Waals surface area contributed by atoms with E-state index < -0.39 is 11.7 Å². The van der Waals surface area contributed by atoms with Gasteiger partial charge in [0.15, 0.2) is 0 Å². The molecule has 0 amide bonds. The molecular weight excluding hydrogens is 331 g/mol. The highest BCUT2D eigenvalue weighted by molar-refractivity contribution is 9.08. The van der Waals surface area contributed by atoms with Gasteiger partial charge in [0.05, 0.1) is 5.56 Å². The summed E-state index contributed by atoms with van der Waals surface area (Å²) in [7, 11) is 0. The molecule has 1 saturated carbocycles. The smallest absolute Gasteiger partial charge is 0.371 e. The van der Waals surface area contributed by atoms with Crippen LogP contribution in [0.2, 0.25) is 0 Å². The Balaban J connectivity index is 2.29. The lowest BCUT2D eigenvalue weighted by atomic mass is 10.1. The van der Waals surface area contributed by atoms with Crippen molar-refractivity contribution in [2.75, 3.05) is 18.0 Å². The molecule has 0 aromatic heterocycles. The minimum Gasteiger partial charge on any atom is -0.371 e. The van der Waals surface area contributed by atoms with Crippen LogP contribution in [0, 0.1) is 5.92 Å². The second-order valence-electron chi connectivity index (χ2n) is 5.36. The molecule has 20 heavy (non-hydrogen) atoms. The standard InChI is InChI=1S/C15H19BrF3N/c1-2-7-20(10-11-3-4-11)13-6-5-12(9-16)14(8-13)15(17,18)19/h5-6,8,11H,2-4,7,9-10H2,1H3. The van der Waals surface area contributed by atoms with Crippen molar-refractivity contribution in [3.8, 4) is 0 Å². The van der Waals surface area contributed by atoms with E-state index in [1.54, 1.807) is 6.07 Å². The summed E-state index contributed by atoms with van der Waals surface area (Å²) in [6.45, 7) is 3.73. The molecular formula is C15H19BrF3N. The van der Waals surface area contributed by atoms with Gasteiger partial charge >= 0.3 is 6.18 Å². The average molecular weight is 350 g/mol. The molecule has 0 spiro atoms. The number of halogens is 4. The van der Waals surface area contributed by atoms with Gasteiger partial charge in [0, 0.05) is 24.1 Å². The topological polar surface area (TPSA) is 3.24 Å². The molecule has 1 nitrogen and oxygen atoms in total. The Morgan fingerprint density at radius 1 is 1.30 bits per heavy atom. The summed E-state index contributed by atoms with van der Waals surface area (Å²) >= 11 is 3.13. The van der Waals surface area contributed by atoms with E-state index >= 15 is 0 Å². The molecule has 0 aliphatic heterocycles. The predicted molar refractivity (Wildman–Crippen MR) is 79.3 cm³/mol. The van der Waals surface area contributed by atoms with Gasteiger partial charge in [0.1, 0.15) is 0 Å². The molecule has 0 atom stereocenters. The minimum absolute atomic E-state index is 0.221. The third-order valence-corrected chi connectivity index (χ3v) is 4.18. The van der Waals surface area contributed by atoms with E-state index in [4.69, 9.17) is 0 Å². The lowest BCUT2D eigenvalue weighted by Crippen LogP contribution is -2.27. The molecule has 2 rings (SSSR count). The quantitative estimate of drug-likeness (QED) is 0.636. The zero-order valence-corrected chi connectivity index (χ0v) is 13.1. The van der Waals surface area contributed by atoms with E-state index in [9.17, 15) is 13.2 Å². The number of benzene rings is 1. The van der Waals surface area contributed by atoms with Crippen LogP contribution >= 0.6 is 15.9 Å². The maximum Gasteiger partial charge on any atom is 0.416 e. The van der Waals surface area contributed by atoms with Crippen molar-refractivity contribution in [2.45, 2.75) is 37.7 Å². The first-order valence-corrected chi connectivity index (χ1v) is 8.09. The molecule has 0 N–H and O–H groups in total. The van der Waals surface area contributed by atoms with E-state index in [1.807, 2.05) is 6.07 Å². The second kappa shape index (κ2) is 6.37. The average Bonchev–Trinajstić information content (AvgIpc) is 3.20. The van der Waals surface area contributed by atoms with Gasteiger partial charge in [-0.2, -0.15) is 13.2 Å². The lowest BCUT2D eigenvalue weighted by Gasteiger charge is -2.26. The molecule has 0 unspecified atom stereocenters. The first kappa shape index (κ1) is 15.7. The van der Waals surface area contributed by atoms with Crippen LogP contribution in [0.4, 0.5) is 18.9 Å². The molecule has 0 heterocycles. The molecule has 0 bridgehead atoms. The fraction of sp³-hybridized carbons (Fsp3) is 0.600. The first-order chi connectivity index (χ1) is 9.45. The Morgan fingerprint density at radius 2 is 2.00 bits per heavy atom. The molecule has 1 aromatic rings. The third kappa shape index (κ3) is 3.90. The van der Waals surface area contributed by atoms with E-state index in [2.05, 4.69) is 27.8 Å². The lowest BCUT2D eigenvalue weighted by molar-refractivity contribution is -0.138. The second-order valence-corrected chi connectivity index (χ2v) is 5.92. The van der Waals surface area contributed by atoms with Crippen molar-refractivity contribution in [1.82, 2.24) is 0 Å². The highest BCUT2D eigenvalue weighted by Crippen LogP contribution is 2.37. The van der Waals surface area contributed by atoms with Gasteiger partial charge in [-0.1, -0.05) is 28.9 Å². The molecule has 0 radical (unpaired) electrons. The summed E-state index contributed by atoms with van der Waals surface area (Å²) in [5.41, 5.74) is 0.462. The van der Waals surface area contributed by atoms with Gasteiger partial charge in [0.25, 0.3) is 0 Å². The van der Waals surface area contributed by atoms with Crippen molar-refractivity contribution in [2.24, 2.45) is 5.92 Å². The van der Waals surface area contributed by atoms with E-state index in [0.717, 1.165) is 19.5 Å². The van der Waals surface area contributed by atoms with Gasteiger partial charge in [-0.15, -0.1) is 0 Å². The van der Waals surface area contributed by atoms with E-state index in [1.165, 1.54) is 18.9 Å². The van der Waals surface area contributed by atoms with Crippen molar-refractivity contribution < 1.29 is 13.2 Å². The summed E-state index contributed by atoms with van der Waals surface area (Å²) < 4.78 is 39.3. The van der Waals surface area contributed by atoms with Crippen LogP contribution in [-0.4, -0.2) is 13.1 Å². The number of alkyl halides is 4. The predicted octanol–water partition coefficient (Wildman–Crippen LogP) is 5.23. The van der Waals surface area contributed by atoms with Gasteiger partial charge in [-0.05, 0) is 42.9 Å².